The number of amides is 2. The maximum Gasteiger partial charge on any atom is 0.254 e. The van der Waals surface area contributed by atoms with E-state index in [0.29, 0.717) is 38.3 Å². The normalized spacial score (nSPS) is 15.2. The summed E-state index contributed by atoms with van der Waals surface area (Å²) < 4.78 is 27.3. The van der Waals surface area contributed by atoms with Crippen molar-refractivity contribution in [2.75, 3.05) is 32.7 Å². The second-order valence-electron chi connectivity index (χ2n) is 6.43. The number of piperazine rings is 1. The van der Waals surface area contributed by atoms with E-state index in [4.69, 9.17) is 0 Å². The largest absolute Gasteiger partial charge is 0.339 e. The van der Waals surface area contributed by atoms with E-state index in [1.54, 1.807) is 21.9 Å². The lowest BCUT2D eigenvalue weighted by molar-refractivity contribution is -0.130. The molecule has 1 saturated heterocycles. The van der Waals surface area contributed by atoms with Gasteiger partial charge in [0.2, 0.25) is 15.9 Å². The van der Waals surface area contributed by atoms with Crippen LogP contribution < -0.4 is 4.72 Å². The number of sulfonamides is 1. The predicted molar refractivity (Wildman–Crippen MR) is 99.3 cm³/mol. The van der Waals surface area contributed by atoms with Crippen molar-refractivity contribution in [3.8, 4) is 0 Å². The molecule has 0 bridgehead atoms. The Labute approximate surface area is 155 Å². The number of rotatable bonds is 7. The van der Waals surface area contributed by atoms with Crippen LogP contribution in [0.3, 0.4) is 0 Å². The van der Waals surface area contributed by atoms with Gasteiger partial charge in [0, 0.05) is 45.2 Å². The molecule has 26 heavy (non-hydrogen) atoms. The fourth-order valence-corrected chi connectivity index (χ4v) is 3.99. The molecule has 0 aromatic heterocycles. The molecule has 2 amide bonds. The molecule has 1 aromatic carbocycles. The molecule has 7 nitrogen and oxygen atoms in total. The summed E-state index contributed by atoms with van der Waals surface area (Å²) in [7, 11) is -3.62. The van der Waals surface area contributed by atoms with Crippen LogP contribution in [0.15, 0.2) is 29.2 Å². The third kappa shape index (κ3) is 5.28. The second kappa shape index (κ2) is 9.14. The monoisotopic (exact) mass is 381 g/mol. The minimum Gasteiger partial charge on any atom is -0.339 e. The Morgan fingerprint density at radius 2 is 1.73 bits per heavy atom. The molecule has 1 fully saturated rings. The molecular weight excluding hydrogens is 354 g/mol. The number of unbranched alkanes of at least 4 members (excludes halogenated alkanes) is 2. The van der Waals surface area contributed by atoms with Gasteiger partial charge in [0.1, 0.15) is 0 Å². The highest BCUT2D eigenvalue weighted by atomic mass is 32.2. The van der Waals surface area contributed by atoms with E-state index in [-0.39, 0.29) is 16.7 Å². The van der Waals surface area contributed by atoms with Gasteiger partial charge in [-0.2, -0.15) is 0 Å². The number of hydrogen-bond acceptors (Lipinski definition) is 4. The van der Waals surface area contributed by atoms with E-state index in [1.807, 2.05) is 0 Å². The second-order valence-corrected chi connectivity index (χ2v) is 8.20. The highest BCUT2D eigenvalue weighted by molar-refractivity contribution is 7.89. The first-order valence-corrected chi connectivity index (χ1v) is 10.5. The fourth-order valence-electron chi connectivity index (χ4n) is 2.87. The van der Waals surface area contributed by atoms with Crippen molar-refractivity contribution in [3.05, 3.63) is 29.8 Å². The summed E-state index contributed by atoms with van der Waals surface area (Å²) in [5, 5.41) is 0. The van der Waals surface area contributed by atoms with Gasteiger partial charge in [-0.1, -0.05) is 25.8 Å². The van der Waals surface area contributed by atoms with Crippen LogP contribution in [-0.2, 0) is 14.8 Å². The summed E-state index contributed by atoms with van der Waals surface area (Å²) >= 11 is 0. The van der Waals surface area contributed by atoms with Crippen LogP contribution in [0.1, 0.15) is 43.5 Å². The van der Waals surface area contributed by atoms with Gasteiger partial charge in [0.15, 0.2) is 0 Å². The fraction of sp³-hybridized carbons (Fsp3) is 0.556. The first kappa shape index (κ1) is 20.4. The Kier molecular flexibility index (Phi) is 7.16. The zero-order chi connectivity index (χ0) is 19.2. The standard InChI is InChI=1S/C18H27N3O4S/c1-3-4-5-9-19-26(24,25)17-8-6-7-16(14-17)18(23)21-12-10-20(11-13-21)15(2)22/h6-8,14,19H,3-5,9-13H2,1-2H3. The average molecular weight is 381 g/mol. The zero-order valence-electron chi connectivity index (χ0n) is 15.4. The maximum atomic E-state index is 12.7. The number of hydrogen-bond donors (Lipinski definition) is 1. The molecule has 0 atom stereocenters. The molecular formula is C18H27N3O4S. The lowest BCUT2D eigenvalue weighted by Gasteiger charge is -2.34. The summed E-state index contributed by atoms with van der Waals surface area (Å²) in [4.78, 5) is 27.5. The predicted octanol–water partition coefficient (Wildman–Crippen LogP) is 1.46. The third-order valence-electron chi connectivity index (χ3n) is 4.48. The van der Waals surface area contributed by atoms with Crippen molar-refractivity contribution in [1.82, 2.24) is 14.5 Å². The van der Waals surface area contributed by atoms with Crippen LogP contribution >= 0.6 is 0 Å². The van der Waals surface area contributed by atoms with E-state index >= 15 is 0 Å². The van der Waals surface area contributed by atoms with Crippen LogP contribution in [-0.4, -0.2) is 62.8 Å². The van der Waals surface area contributed by atoms with Gasteiger partial charge in [-0.15, -0.1) is 0 Å². The van der Waals surface area contributed by atoms with Crippen LogP contribution in [0.2, 0.25) is 0 Å². The van der Waals surface area contributed by atoms with Gasteiger partial charge < -0.3 is 9.80 Å². The SMILES string of the molecule is CCCCCNS(=O)(=O)c1cccc(C(=O)N2CCN(C(C)=O)CC2)c1. The van der Waals surface area contributed by atoms with Crippen molar-refractivity contribution < 1.29 is 18.0 Å². The lowest BCUT2D eigenvalue weighted by atomic mass is 10.2. The van der Waals surface area contributed by atoms with Crippen LogP contribution in [0.5, 0.6) is 0 Å². The quantitative estimate of drug-likeness (QED) is 0.725. The minimum absolute atomic E-state index is 0.000614. The Morgan fingerprint density at radius 3 is 2.35 bits per heavy atom. The number of nitrogens with one attached hydrogen (secondary N) is 1. The van der Waals surface area contributed by atoms with Gasteiger partial charge in [-0.3, -0.25) is 9.59 Å². The van der Waals surface area contributed by atoms with Crippen molar-refractivity contribution >= 4 is 21.8 Å². The first-order chi connectivity index (χ1) is 12.3. The molecule has 0 unspecified atom stereocenters. The van der Waals surface area contributed by atoms with Gasteiger partial charge in [0.25, 0.3) is 5.91 Å². The topological polar surface area (TPSA) is 86.8 Å². The van der Waals surface area contributed by atoms with Crippen molar-refractivity contribution in [3.63, 3.8) is 0 Å². The molecule has 1 aromatic rings. The number of carbonyl (C=O) groups excluding carboxylic acids is 2. The number of carbonyl (C=O) groups is 2. The summed E-state index contributed by atoms with van der Waals surface area (Å²) in [6.07, 6.45) is 2.77. The number of nitrogens with zero attached hydrogens (tertiary/aromatic N) is 2. The Bertz CT molecular complexity index is 741. The minimum atomic E-state index is -3.62. The molecule has 2 rings (SSSR count). The molecule has 1 aliphatic rings. The Hall–Kier alpha value is -1.93. The van der Waals surface area contributed by atoms with Gasteiger partial charge >= 0.3 is 0 Å². The maximum absolute atomic E-state index is 12.7. The van der Waals surface area contributed by atoms with E-state index in [0.717, 1.165) is 19.3 Å². The Balaban J connectivity index is 2.04. The summed E-state index contributed by atoms with van der Waals surface area (Å²) in [6, 6.07) is 6.11. The van der Waals surface area contributed by atoms with Crippen LogP contribution in [0.4, 0.5) is 0 Å². The highest BCUT2D eigenvalue weighted by Gasteiger charge is 2.24. The molecule has 0 saturated carbocycles. The molecule has 0 radical (unpaired) electrons. The van der Waals surface area contributed by atoms with Crippen LogP contribution in [0.25, 0.3) is 0 Å². The molecule has 144 valence electrons. The summed E-state index contributed by atoms with van der Waals surface area (Å²) in [5.41, 5.74) is 0.345. The molecule has 1 N–H and O–H groups in total. The van der Waals surface area contributed by atoms with Gasteiger partial charge in [-0.05, 0) is 24.6 Å². The lowest BCUT2D eigenvalue weighted by Crippen LogP contribution is -2.50. The van der Waals surface area contributed by atoms with Crippen molar-refractivity contribution in [1.29, 1.82) is 0 Å². The van der Waals surface area contributed by atoms with E-state index in [1.165, 1.54) is 19.1 Å². The number of benzene rings is 1. The highest BCUT2D eigenvalue weighted by Crippen LogP contribution is 2.15. The van der Waals surface area contributed by atoms with Gasteiger partial charge in [-0.25, -0.2) is 13.1 Å². The Morgan fingerprint density at radius 1 is 1.08 bits per heavy atom. The average Bonchev–Trinajstić information content (AvgIpc) is 2.65. The third-order valence-corrected chi connectivity index (χ3v) is 5.93. The van der Waals surface area contributed by atoms with E-state index in [9.17, 15) is 18.0 Å². The van der Waals surface area contributed by atoms with Gasteiger partial charge in [0.05, 0.1) is 4.90 Å². The van der Waals surface area contributed by atoms with Crippen LogP contribution in [0, 0.1) is 0 Å². The van der Waals surface area contributed by atoms with Crippen molar-refractivity contribution in [2.45, 2.75) is 38.0 Å². The zero-order valence-corrected chi connectivity index (χ0v) is 16.2. The first-order valence-electron chi connectivity index (χ1n) is 8.99. The van der Waals surface area contributed by atoms with E-state index < -0.39 is 10.0 Å². The molecule has 0 spiro atoms. The molecule has 8 heteroatoms. The van der Waals surface area contributed by atoms with E-state index in [2.05, 4.69) is 11.6 Å². The smallest absolute Gasteiger partial charge is 0.254 e. The molecule has 1 aliphatic heterocycles. The summed E-state index contributed by atoms with van der Waals surface area (Å²) in [5.74, 6) is -0.212. The molecule has 0 aliphatic carbocycles. The van der Waals surface area contributed by atoms with Crippen molar-refractivity contribution in [2.24, 2.45) is 0 Å². The summed E-state index contributed by atoms with van der Waals surface area (Å²) in [6.45, 7) is 5.85. The molecule has 1 heterocycles.